The smallest absolute Gasteiger partial charge is 0.262 e. The number of hydrogen-bond acceptors (Lipinski definition) is 1. The van der Waals surface area contributed by atoms with Gasteiger partial charge in [0.25, 0.3) is 5.56 Å². The van der Waals surface area contributed by atoms with Gasteiger partial charge < -0.3 is 0 Å². The highest BCUT2D eigenvalue weighted by atomic mass is 16.1. The molecule has 19 heavy (non-hydrogen) atoms. The Morgan fingerprint density at radius 2 is 1.63 bits per heavy atom. The molecule has 3 aromatic rings. The van der Waals surface area contributed by atoms with Crippen molar-refractivity contribution >= 4 is 10.8 Å². The van der Waals surface area contributed by atoms with Crippen LogP contribution in [0.1, 0.15) is 11.1 Å². The molecule has 1 heterocycles. The van der Waals surface area contributed by atoms with Gasteiger partial charge in [-0.05, 0) is 43.0 Å². The first-order valence-electron chi connectivity index (χ1n) is 6.35. The van der Waals surface area contributed by atoms with Crippen molar-refractivity contribution in [3.05, 3.63) is 76.2 Å². The first-order valence-corrected chi connectivity index (χ1v) is 6.35. The van der Waals surface area contributed by atoms with Crippen LogP contribution in [0.3, 0.4) is 0 Å². The Hall–Kier alpha value is -2.35. The van der Waals surface area contributed by atoms with Gasteiger partial charge in [-0.1, -0.05) is 35.9 Å². The highest BCUT2D eigenvalue weighted by Gasteiger charge is 2.07. The maximum Gasteiger partial charge on any atom is 0.262 e. The summed E-state index contributed by atoms with van der Waals surface area (Å²) in [7, 11) is 0. The summed E-state index contributed by atoms with van der Waals surface area (Å²) in [4.78, 5) is 12.6. The van der Waals surface area contributed by atoms with Crippen LogP contribution in [-0.4, -0.2) is 4.57 Å². The van der Waals surface area contributed by atoms with E-state index in [2.05, 4.69) is 0 Å². The zero-order valence-corrected chi connectivity index (χ0v) is 11.1. The van der Waals surface area contributed by atoms with Crippen LogP contribution in [0.5, 0.6) is 0 Å². The summed E-state index contributed by atoms with van der Waals surface area (Å²) < 4.78 is 1.72. The normalized spacial score (nSPS) is 10.8. The largest absolute Gasteiger partial charge is 0.284 e. The second kappa shape index (κ2) is 4.39. The van der Waals surface area contributed by atoms with Crippen LogP contribution < -0.4 is 5.56 Å². The van der Waals surface area contributed by atoms with E-state index in [-0.39, 0.29) is 5.56 Å². The maximum absolute atomic E-state index is 12.6. The van der Waals surface area contributed by atoms with E-state index in [1.807, 2.05) is 68.6 Å². The number of para-hydroxylation sites is 1. The van der Waals surface area contributed by atoms with Gasteiger partial charge in [0.05, 0.1) is 0 Å². The predicted octanol–water partition coefficient (Wildman–Crippen LogP) is 3.61. The van der Waals surface area contributed by atoms with Crippen molar-refractivity contribution in [3.63, 3.8) is 0 Å². The van der Waals surface area contributed by atoms with E-state index in [0.29, 0.717) is 0 Å². The zero-order valence-electron chi connectivity index (χ0n) is 11.1. The Morgan fingerprint density at radius 3 is 2.37 bits per heavy atom. The average molecular weight is 249 g/mol. The summed E-state index contributed by atoms with van der Waals surface area (Å²) >= 11 is 0. The molecule has 2 nitrogen and oxygen atoms in total. The van der Waals surface area contributed by atoms with E-state index in [4.69, 9.17) is 0 Å². The molecule has 0 aliphatic carbocycles. The van der Waals surface area contributed by atoms with Crippen LogP contribution >= 0.6 is 0 Å². The first kappa shape index (κ1) is 11.7. The van der Waals surface area contributed by atoms with E-state index in [9.17, 15) is 4.79 Å². The lowest BCUT2D eigenvalue weighted by Gasteiger charge is -2.10. The topological polar surface area (TPSA) is 22.0 Å². The molecule has 0 fully saturated rings. The molecule has 0 aliphatic heterocycles. The monoisotopic (exact) mass is 249 g/mol. The fourth-order valence-corrected chi connectivity index (χ4v) is 2.41. The molecule has 1 aromatic heterocycles. The Bertz CT molecular complexity index is 801. The van der Waals surface area contributed by atoms with Gasteiger partial charge >= 0.3 is 0 Å². The van der Waals surface area contributed by atoms with Crippen LogP contribution in [0.25, 0.3) is 16.5 Å². The fraction of sp³-hybridized carbons (Fsp3) is 0.118. The molecule has 3 rings (SSSR count). The Kier molecular flexibility index (Phi) is 2.71. The van der Waals surface area contributed by atoms with Crippen molar-refractivity contribution in [1.82, 2.24) is 4.57 Å². The molecule has 2 aromatic carbocycles. The third-order valence-electron chi connectivity index (χ3n) is 3.41. The van der Waals surface area contributed by atoms with E-state index in [0.717, 1.165) is 27.6 Å². The number of hydrogen-bond donors (Lipinski definition) is 0. The molecule has 0 atom stereocenters. The number of nitrogens with zero attached hydrogens (tertiary/aromatic N) is 1. The molecular formula is C17H15NO. The van der Waals surface area contributed by atoms with Gasteiger partial charge in [0.2, 0.25) is 0 Å². The third kappa shape index (κ3) is 1.95. The molecule has 0 N–H and O–H groups in total. The summed E-state index contributed by atoms with van der Waals surface area (Å²) in [6, 6.07) is 15.8. The predicted molar refractivity (Wildman–Crippen MR) is 79.0 cm³/mol. The Labute approximate surface area is 111 Å². The van der Waals surface area contributed by atoms with Gasteiger partial charge in [-0.2, -0.15) is 0 Å². The van der Waals surface area contributed by atoms with E-state index >= 15 is 0 Å². The summed E-state index contributed by atoms with van der Waals surface area (Å²) in [5.74, 6) is 0. The van der Waals surface area contributed by atoms with E-state index in [1.54, 1.807) is 4.57 Å². The van der Waals surface area contributed by atoms with Crippen molar-refractivity contribution < 1.29 is 0 Å². The van der Waals surface area contributed by atoms with Gasteiger partial charge in [-0.3, -0.25) is 9.36 Å². The molecule has 0 bridgehead atoms. The molecule has 0 amide bonds. The number of aromatic nitrogens is 1. The minimum atomic E-state index is 0.0375. The Balaban J connectivity index is 2.40. The number of fused-ring (bicyclic) bond motifs is 1. The van der Waals surface area contributed by atoms with Gasteiger partial charge in [0, 0.05) is 17.3 Å². The van der Waals surface area contributed by atoms with Crippen molar-refractivity contribution in [1.29, 1.82) is 0 Å². The highest BCUT2D eigenvalue weighted by Crippen LogP contribution is 2.18. The number of benzene rings is 2. The minimum Gasteiger partial charge on any atom is -0.284 e. The molecule has 0 saturated heterocycles. The minimum absolute atomic E-state index is 0.0375. The maximum atomic E-state index is 12.6. The van der Waals surface area contributed by atoms with Crippen molar-refractivity contribution in [2.24, 2.45) is 0 Å². The summed E-state index contributed by atoms with van der Waals surface area (Å²) in [6.45, 7) is 4.05. The molecule has 2 heteroatoms. The van der Waals surface area contributed by atoms with Crippen LogP contribution in [0.4, 0.5) is 0 Å². The molecule has 0 aliphatic rings. The summed E-state index contributed by atoms with van der Waals surface area (Å²) in [6.07, 6.45) is 1.91. The van der Waals surface area contributed by atoms with Crippen molar-refractivity contribution in [3.8, 4) is 5.69 Å². The lowest BCUT2D eigenvalue weighted by Crippen LogP contribution is -2.18. The average Bonchev–Trinajstić information content (AvgIpc) is 2.43. The van der Waals surface area contributed by atoms with Crippen molar-refractivity contribution in [2.45, 2.75) is 13.8 Å². The molecular weight excluding hydrogens is 234 g/mol. The molecule has 0 saturated carbocycles. The molecule has 0 unspecified atom stereocenters. The van der Waals surface area contributed by atoms with Gasteiger partial charge in [0.1, 0.15) is 0 Å². The second-order valence-electron chi connectivity index (χ2n) is 4.87. The second-order valence-corrected chi connectivity index (χ2v) is 4.87. The van der Waals surface area contributed by atoms with E-state index in [1.165, 1.54) is 0 Å². The van der Waals surface area contributed by atoms with Crippen LogP contribution in [0, 0.1) is 13.8 Å². The standard InChI is InChI=1S/C17H15NO/c1-12-8-9-15-13(2)11-18(17(19)16(15)10-12)14-6-4-3-5-7-14/h3-11H,1-2H3. The van der Waals surface area contributed by atoms with Gasteiger partial charge in [-0.25, -0.2) is 0 Å². The zero-order chi connectivity index (χ0) is 13.4. The number of pyridine rings is 1. The van der Waals surface area contributed by atoms with Gasteiger partial charge in [0.15, 0.2) is 0 Å². The van der Waals surface area contributed by atoms with Crippen molar-refractivity contribution in [2.75, 3.05) is 0 Å². The number of aryl methyl sites for hydroxylation is 2. The van der Waals surface area contributed by atoms with Gasteiger partial charge in [-0.15, -0.1) is 0 Å². The number of rotatable bonds is 1. The fourth-order valence-electron chi connectivity index (χ4n) is 2.41. The first-order chi connectivity index (χ1) is 9.16. The Morgan fingerprint density at radius 1 is 0.895 bits per heavy atom. The highest BCUT2D eigenvalue weighted by molar-refractivity contribution is 5.85. The lowest BCUT2D eigenvalue weighted by atomic mass is 10.1. The summed E-state index contributed by atoms with van der Waals surface area (Å²) in [5.41, 5.74) is 3.16. The third-order valence-corrected chi connectivity index (χ3v) is 3.41. The quantitative estimate of drug-likeness (QED) is 0.645. The summed E-state index contributed by atoms with van der Waals surface area (Å²) in [5, 5.41) is 1.81. The van der Waals surface area contributed by atoms with E-state index < -0.39 is 0 Å². The SMILES string of the molecule is Cc1ccc2c(C)cn(-c3ccccc3)c(=O)c2c1. The van der Waals surface area contributed by atoms with Crippen LogP contribution in [0.2, 0.25) is 0 Å². The molecule has 0 radical (unpaired) electrons. The van der Waals surface area contributed by atoms with Crippen LogP contribution in [-0.2, 0) is 0 Å². The molecule has 94 valence electrons. The molecule has 0 spiro atoms. The lowest BCUT2D eigenvalue weighted by molar-refractivity contribution is 0.996. The van der Waals surface area contributed by atoms with Crippen LogP contribution in [0.15, 0.2) is 59.5 Å².